The zero-order valence-electron chi connectivity index (χ0n) is 55.6. The van der Waals surface area contributed by atoms with Crippen LogP contribution in [-0.4, -0.2) is 69.1 Å². The Balaban J connectivity index is 1.44. The summed E-state index contributed by atoms with van der Waals surface area (Å²) in [5.74, 6) is -5.60. The number of imide groups is 3. The van der Waals surface area contributed by atoms with Crippen molar-refractivity contribution < 1.29 is 38.4 Å². The average Bonchev–Trinajstić information content (AvgIpc) is 1.57. The van der Waals surface area contributed by atoms with Crippen molar-refractivity contribution in [1.82, 2.24) is 9.80 Å². The van der Waals surface area contributed by atoms with Gasteiger partial charge >= 0.3 is 0 Å². The van der Waals surface area contributed by atoms with Gasteiger partial charge in [0.2, 0.25) is 23.6 Å². The Labute approximate surface area is 568 Å². The van der Waals surface area contributed by atoms with Gasteiger partial charge in [0.25, 0.3) is 23.6 Å². The van der Waals surface area contributed by atoms with Gasteiger partial charge in [-0.15, -0.1) is 0 Å². The molecule has 3 aromatic rings. The van der Waals surface area contributed by atoms with E-state index < -0.39 is 78.0 Å². The number of anilines is 3. The number of amides is 8. The molecule has 0 aromatic heterocycles. The fourth-order valence-electron chi connectivity index (χ4n) is 10.7. The summed E-state index contributed by atoms with van der Waals surface area (Å²) < 4.78 is 0. The van der Waals surface area contributed by atoms with Crippen molar-refractivity contribution >= 4 is 64.3 Å². The lowest BCUT2D eigenvalue weighted by atomic mass is 9.92. The Hall–Kier alpha value is -14.0. The molecule has 2 saturated heterocycles. The lowest BCUT2D eigenvalue weighted by molar-refractivity contribution is -0.141. The first kappa shape index (κ1) is 73.1. The maximum atomic E-state index is 15.2. The minimum atomic E-state index is -1.57. The number of carbonyl (C=O) groups is 8. The van der Waals surface area contributed by atoms with Gasteiger partial charge in [0.05, 0.1) is 29.9 Å². The molecule has 3 aliphatic heterocycles. The van der Waals surface area contributed by atoms with Gasteiger partial charge < -0.3 is 0 Å². The van der Waals surface area contributed by atoms with Crippen LogP contribution in [0.25, 0.3) is 0 Å². The van der Waals surface area contributed by atoms with E-state index in [9.17, 15) is 33.6 Å². The summed E-state index contributed by atoms with van der Waals surface area (Å²) in [5.41, 5.74) is 94.2. The average molecular weight is 1280 g/mol. The predicted octanol–water partition coefficient (Wildman–Crippen LogP) is 12.0. The number of aryl methyl sites for hydroxylation is 7. The van der Waals surface area contributed by atoms with E-state index in [0.29, 0.717) is 79.6 Å². The number of benzene rings is 3. The standard InChI is InChI=1S/C85H59N5O8/c1-11-19-20-21-22-23-24-25-26-27-28-29-30-31-32-33-34-35-36-37-38-39-40-41-42-43-44-45-46-47-48-49-50-51-76(86(63(9)91)74-61-79(95)89(84(74)97)82-68(13-3)55-65(12-2)56-69(82)14-4)87(64(10)92)75-62-80(96)90(85(75)98)83-72(17-7)59-67(60-73(83)18-8)54-66-57-70(15-5)81(71(16-6)58-66)88-77(93)52-53-78(88)94/h52-53,55-60,74-75H,1,12-18,54,61-62H2,2-10H3. The molecule has 13 heteroatoms. The van der Waals surface area contributed by atoms with Crippen LogP contribution in [0.3, 0.4) is 0 Å². The third-order valence-electron chi connectivity index (χ3n) is 14.8. The molecule has 13 nitrogen and oxygen atoms in total. The van der Waals surface area contributed by atoms with Crippen molar-refractivity contribution in [2.24, 2.45) is 0 Å². The van der Waals surface area contributed by atoms with Crippen molar-refractivity contribution in [3.63, 3.8) is 0 Å². The molecule has 6 rings (SSSR count). The number of carbonyl (C=O) groups excluding carboxylic acids is 8. The summed E-state index contributed by atoms with van der Waals surface area (Å²) in [5, 5.41) is 0. The van der Waals surface area contributed by atoms with Crippen molar-refractivity contribution in [2.45, 2.75) is 139 Å². The smallest absolute Gasteiger partial charge is 0.258 e. The normalized spacial score (nSPS) is 12.8. The molecule has 3 aromatic carbocycles. The third-order valence-corrected chi connectivity index (χ3v) is 14.8. The highest BCUT2D eigenvalue weighted by molar-refractivity contribution is 6.29. The van der Waals surface area contributed by atoms with Crippen LogP contribution in [0.15, 0.2) is 256 Å². The van der Waals surface area contributed by atoms with Gasteiger partial charge in [-0.05, 0) is 205 Å². The van der Waals surface area contributed by atoms with Gasteiger partial charge in [-0.25, -0.2) is 14.7 Å². The number of hydrogen-bond donors (Lipinski definition) is 0. The van der Waals surface area contributed by atoms with Gasteiger partial charge in [-0.2, -0.15) is 0 Å². The molecule has 2 fully saturated rings. The first-order chi connectivity index (χ1) is 47.5. The number of hydrogen-bond acceptors (Lipinski definition) is 8. The molecule has 0 bridgehead atoms. The molecule has 472 valence electrons. The lowest BCUT2D eigenvalue weighted by Crippen LogP contribution is -2.53. The van der Waals surface area contributed by atoms with Gasteiger partial charge in [0.15, 0.2) is 5.82 Å². The first-order valence-electron chi connectivity index (χ1n) is 31.0. The molecule has 3 aliphatic rings. The van der Waals surface area contributed by atoms with Gasteiger partial charge in [-0.1, -0.05) is 90.6 Å². The Morgan fingerprint density at radius 1 is 0.367 bits per heavy atom. The second-order valence-corrected chi connectivity index (χ2v) is 20.8. The van der Waals surface area contributed by atoms with Gasteiger partial charge in [-0.3, -0.25) is 48.2 Å². The molecular weight excluding hydrogens is 1220 g/mol. The molecule has 0 radical (unpaired) electrons. The Kier molecular flexibility index (Phi) is 28.0. The summed E-state index contributed by atoms with van der Waals surface area (Å²) in [6.45, 7) is 19.2. The van der Waals surface area contributed by atoms with Crippen LogP contribution in [0.1, 0.15) is 125 Å². The highest BCUT2D eigenvalue weighted by Crippen LogP contribution is 2.39. The lowest BCUT2D eigenvalue weighted by Gasteiger charge is -2.35. The van der Waals surface area contributed by atoms with Crippen molar-refractivity contribution in [3.05, 3.63) is 306 Å². The van der Waals surface area contributed by atoms with Crippen molar-refractivity contribution in [1.29, 1.82) is 0 Å². The van der Waals surface area contributed by atoms with Crippen LogP contribution < -0.4 is 14.7 Å². The van der Waals surface area contributed by atoms with E-state index in [1.54, 1.807) is 0 Å². The zero-order chi connectivity index (χ0) is 70.9. The minimum Gasteiger partial charge on any atom is -0.278 e. The largest absolute Gasteiger partial charge is 0.278 e. The quantitative estimate of drug-likeness (QED) is 0.101. The van der Waals surface area contributed by atoms with E-state index in [4.69, 9.17) is 0 Å². The summed E-state index contributed by atoms with van der Waals surface area (Å²) in [6.07, 6.45) is 5.55. The van der Waals surface area contributed by atoms with Crippen LogP contribution in [0.2, 0.25) is 0 Å². The highest BCUT2D eigenvalue weighted by atomic mass is 16.2. The molecule has 8 amide bonds. The topological polar surface area (TPSA) is 153 Å². The van der Waals surface area contributed by atoms with Crippen molar-refractivity contribution in [3.8, 4) is 0 Å². The zero-order valence-corrected chi connectivity index (χ0v) is 55.6. The van der Waals surface area contributed by atoms with E-state index in [2.05, 4.69) is 201 Å². The van der Waals surface area contributed by atoms with Crippen molar-refractivity contribution in [2.75, 3.05) is 14.7 Å². The van der Waals surface area contributed by atoms with Crippen LogP contribution in [0, 0.1) is 0 Å². The third kappa shape index (κ3) is 19.1. The molecular formula is C85H59N5O8. The monoisotopic (exact) mass is 1280 g/mol. The Morgan fingerprint density at radius 2 is 0.612 bits per heavy atom. The minimum absolute atomic E-state index is 0.364. The second kappa shape index (κ2) is 37.5. The Morgan fingerprint density at radius 3 is 0.857 bits per heavy atom. The molecule has 98 heavy (non-hydrogen) atoms. The van der Waals surface area contributed by atoms with Gasteiger partial charge in [0, 0.05) is 118 Å². The molecule has 2 unspecified atom stereocenters. The summed E-state index contributed by atoms with van der Waals surface area (Å²) in [6, 6.07) is 8.67. The summed E-state index contributed by atoms with van der Waals surface area (Å²) in [7, 11) is 0. The number of rotatable bonds is 16. The van der Waals surface area contributed by atoms with Crippen LogP contribution in [0.4, 0.5) is 17.1 Å². The number of nitrogens with zero attached hydrogens (tertiary/aromatic N) is 5. The van der Waals surface area contributed by atoms with Crippen LogP contribution in [-0.2, 0) is 89.7 Å². The SMILES string of the molecule is C=C=C=C=C=C=C=C=C=C=C=C=C=C=C=C=C=C=C=C=C=C=C=C=C=C=C=C=C=C=C=C=C=C=C=C(N(C(C)=O)C1CC(=O)N(c2c(CC)cc(CC)cc2CC)C1=O)N(C(C)=O)C1CC(=O)N(c2c(CC)cc(Cc3cc(CC)c(N4C(=O)C=CC4=O)c(CC)c3)cc2CC)C1=O. The Bertz CT molecular complexity index is 5390. The van der Waals surface area contributed by atoms with E-state index in [-0.39, 0.29) is 0 Å². The fraction of sp³-hybridized carbons (Fsp3) is 0.247. The van der Waals surface area contributed by atoms with E-state index in [0.717, 1.165) is 72.4 Å². The molecule has 3 heterocycles. The summed E-state index contributed by atoms with van der Waals surface area (Å²) in [4.78, 5) is 119. The first-order valence-corrected chi connectivity index (χ1v) is 31.0. The van der Waals surface area contributed by atoms with Gasteiger partial charge in [0.1, 0.15) is 12.1 Å². The molecule has 2 atom stereocenters. The predicted molar refractivity (Wildman–Crippen MR) is 365 cm³/mol. The maximum absolute atomic E-state index is 15.2. The molecule has 0 spiro atoms. The summed E-state index contributed by atoms with van der Waals surface area (Å²) >= 11 is 0. The van der Waals surface area contributed by atoms with Crippen LogP contribution >= 0.6 is 0 Å². The fourth-order valence-corrected chi connectivity index (χ4v) is 10.7. The van der Waals surface area contributed by atoms with E-state index >= 15 is 4.79 Å². The molecule has 0 saturated carbocycles. The highest BCUT2D eigenvalue weighted by Gasteiger charge is 2.51. The molecule has 0 aliphatic carbocycles. The molecule has 0 N–H and O–H groups in total. The second-order valence-electron chi connectivity index (χ2n) is 20.8. The van der Waals surface area contributed by atoms with Crippen LogP contribution in [0.5, 0.6) is 0 Å². The van der Waals surface area contributed by atoms with E-state index in [1.165, 1.54) is 17.1 Å². The van der Waals surface area contributed by atoms with E-state index in [1.807, 2.05) is 84.9 Å². The maximum Gasteiger partial charge on any atom is 0.258 e.